The zero-order valence-corrected chi connectivity index (χ0v) is 14.0. The summed E-state index contributed by atoms with van der Waals surface area (Å²) in [6, 6.07) is 0. The van der Waals surface area contributed by atoms with Gasteiger partial charge in [-0.15, -0.1) is 0 Å². The average Bonchev–Trinajstić information content (AvgIpc) is 2.57. The Kier molecular flexibility index (Phi) is 14.4. The highest BCUT2D eigenvalue weighted by Gasteiger charge is 2.29. The molecule has 23 heavy (non-hydrogen) atoms. The van der Waals surface area contributed by atoms with E-state index in [0.717, 1.165) is 19.1 Å². The molecule has 0 spiro atoms. The van der Waals surface area contributed by atoms with Crippen molar-refractivity contribution in [3.05, 3.63) is 0 Å². The van der Waals surface area contributed by atoms with Crippen molar-refractivity contribution < 1.29 is 30.4 Å². The molecule has 138 valence electrons. The van der Waals surface area contributed by atoms with Gasteiger partial charge in [-0.3, -0.25) is 0 Å². The van der Waals surface area contributed by atoms with E-state index in [-0.39, 0.29) is 0 Å². The van der Waals surface area contributed by atoms with Gasteiger partial charge in [0.2, 0.25) is 0 Å². The van der Waals surface area contributed by atoms with Crippen molar-refractivity contribution in [2.24, 2.45) is 5.16 Å². The molecular formula is C16H33NO6. The van der Waals surface area contributed by atoms with E-state index < -0.39 is 31.0 Å². The van der Waals surface area contributed by atoms with E-state index >= 15 is 0 Å². The first-order valence-electron chi connectivity index (χ1n) is 8.53. The third-order valence-electron chi connectivity index (χ3n) is 3.66. The second-order valence-electron chi connectivity index (χ2n) is 5.78. The molecule has 5 N–H and O–H groups in total. The molecule has 4 atom stereocenters. The summed E-state index contributed by atoms with van der Waals surface area (Å²) in [7, 11) is 0. The second kappa shape index (κ2) is 14.8. The number of hydrogen-bond donors (Lipinski definition) is 5. The van der Waals surface area contributed by atoms with Crippen LogP contribution in [0, 0.1) is 0 Å². The molecular weight excluding hydrogens is 302 g/mol. The minimum Gasteiger partial charge on any atom is -0.396 e. The maximum absolute atomic E-state index is 9.54. The van der Waals surface area contributed by atoms with E-state index in [1.165, 1.54) is 38.5 Å². The van der Waals surface area contributed by atoms with Crippen LogP contribution in [0.3, 0.4) is 0 Å². The lowest BCUT2D eigenvalue weighted by molar-refractivity contribution is -0.100. The first-order chi connectivity index (χ1) is 11.0. The summed E-state index contributed by atoms with van der Waals surface area (Å²) in [6.45, 7) is 1.91. The molecule has 0 aromatic heterocycles. The van der Waals surface area contributed by atoms with Crippen LogP contribution in [0.15, 0.2) is 5.16 Å². The smallest absolute Gasteiger partial charge is 0.121 e. The highest BCUT2D eigenvalue weighted by atomic mass is 16.6. The SMILES string of the molecule is CCCCCCCCCCO/N=C/C(O)C(O)C(O)C(O)CO. The Labute approximate surface area is 138 Å². The lowest BCUT2D eigenvalue weighted by Gasteiger charge is -2.23. The lowest BCUT2D eigenvalue weighted by atomic mass is 10.0. The molecule has 0 aliphatic heterocycles. The first kappa shape index (κ1) is 22.3. The van der Waals surface area contributed by atoms with E-state index in [4.69, 9.17) is 15.1 Å². The number of rotatable bonds is 15. The first-order valence-corrected chi connectivity index (χ1v) is 8.53. The van der Waals surface area contributed by atoms with Crippen molar-refractivity contribution in [3.63, 3.8) is 0 Å². The summed E-state index contributed by atoms with van der Waals surface area (Å²) in [6.07, 6.45) is 4.12. The van der Waals surface area contributed by atoms with Crippen molar-refractivity contribution in [2.75, 3.05) is 13.2 Å². The minimum absolute atomic E-state index is 0.427. The van der Waals surface area contributed by atoms with Crippen molar-refractivity contribution >= 4 is 6.21 Å². The quantitative estimate of drug-likeness (QED) is 0.169. The predicted molar refractivity (Wildman–Crippen MR) is 88.2 cm³/mol. The molecule has 0 radical (unpaired) electrons. The van der Waals surface area contributed by atoms with E-state index in [1.54, 1.807) is 0 Å². The predicted octanol–water partition coefficient (Wildman–Crippen LogP) is 0.565. The van der Waals surface area contributed by atoms with Gasteiger partial charge < -0.3 is 30.4 Å². The third kappa shape index (κ3) is 11.4. The van der Waals surface area contributed by atoms with Crippen LogP contribution in [-0.2, 0) is 4.84 Å². The van der Waals surface area contributed by atoms with Gasteiger partial charge in [0.1, 0.15) is 31.0 Å². The van der Waals surface area contributed by atoms with Crippen LogP contribution in [0.5, 0.6) is 0 Å². The standard InChI is InChI=1S/C16H33NO6/c1-2-3-4-5-6-7-8-9-10-23-17-11-13(19)15(21)16(22)14(20)12-18/h11,13-16,18-22H,2-10,12H2,1H3/b17-11+. The average molecular weight is 335 g/mol. The number of aliphatic hydroxyl groups excluding tert-OH is 5. The summed E-state index contributed by atoms with van der Waals surface area (Å²) in [5.74, 6) is 0. The van der Waals surface area contributed by atoms with Crippen LogP contribution in [0.4, 0.5) is 0 Å². The van der Waals surface area contributed by atoms with Crippen molar-refractivity contribution in [3.8, 4) is 0 Å². The summed E-state index contributed by atoms with van der Waals surface area (Å²) in [4.78, 5) is 4.97. The summed E-state index contributed by atoms with van der Waals surface area (Å²) < 4.78 is 0. The molecule has 7 nitrogen and oxygen atoms in total. The number of oxime groups is 1. The Bertz CT molecular complexity index is 290. The van der Waals surface area contributed by atoms with Gasteiger partial charge in [0.05, 0.1) is 12.8 Å². The number of unbranched alkanes of at least 4 members (excludes halogenated alkanes) is 7. The van der Waals surface area contributed by atoms with E-state index in [2.05, 4.69) is 12.1 Å². The molecule has 0 aliphatic rings. The molecule has 0 bridgehead atoms. The van der Waals surface area contributed by atoms with Gasteiger partial charge in [0.15, 0.2) is 0 Å². The van der Waals surface area contributed by atoms with Gasteiger partial charge in [-0.2, -0.15) is 0 Å². The summed E-state index contributed by atoms with van der Waals surface area (Å²) in [5, 5.41) is 49.8. The zero-order valence-electron chi connectivity index (χ0n) is 14.0. The van der Waals surface area contributed by atoms with Gasteiger partial charge >= 0.3 is 0 Å². The highest BCUT2D eigenvalue weighted by Crippen LogP contribution is 2.08. The Morgan fingerprint density at radius 1 is 0.870 bits per heavy atom. The van der Waals surface area contributed by atoms with Crippen LogP contribution < -0.4 is 0 Å². The number of hydrogen-bond acceptors (Lipinski definition) is 7. The van der Waals surface area contributed by atoms with E-state index in [9.17, 15) is 15.3 Å². The summed E-state index contributed by atoms with van der Waals surface area (Å²) in [5.41, 5.74) is 0. The monoisotopic (exact) mass is 335 g/mol. The molecule has 0 saturated carbocycles. The van der Waals surface area contributed by atoms with Crippen molar-refractivity contribution in [2.45, 2.75) is 82.7 Å². The topological polar surface area (TPSA) is 123 Å². The Balaban J connectivity index is 3.62. The lowest BCUT2D eigenvalue weighted by Crippen LogP contribution is -2.46. The minimum atomic E-state index is -1.66. The van der Waals surface area contributed by atoms with Gasteiger partial charge in [0, 0.05) is 0 Å². The van der Waals surface area contributed by atoms with E-state index in [0.29, 0.717) is 6.61 Å². The molecule has 4 unspecified atom stereocenters. The fraction of sp³-hybridized carbons (Fsp3) is 0.938. The Hall–Kier alpha value is -0.730. The van der Waals surface area contributed by atoms with Gasteiger partial charge in [-0.1, -0.05) is 50.6 Å². The van der Waals surface area contributed by atoms with Crippen LogP contribution in [-0.4, -0.2) is 69.4 Å². The zero-order chi connectivity index (χ0) is 17.5. The second-order valence-corrected chi connectivity index (χ2v) is 5.78. The largest absolute Gasteiger partial charge is 0.396 e. The van der Waals surface area contributed by atoms with Crippen LogP contribution in [0.1, 0.15) is 58.3 Å². The van der Waals surface area contributed by atoms with E-state index in [1.807, 2.05) is 0 Å². The fourth-order valence-corrected chi connectivity index (χ4v) is 2.08. The molecule has 0 amide bonds. The van der Waals surface area contributed by atoms with Crippen molar-refractivity contribution in [1.29, 1.82) is 0 Å². The molecule has 0 rings (SSSR count). The fourth-order valence-electron chi connectivity index (χ4n) is 2.08. The highest BCUT2D eigenvalue weighted by molar-refractivity contribution is 5.62. The number of aliphatic hydroxyl groups is 5. The van der Waals surface area contributed by atoms with Gasteiger partial charge in [-0.25, -0.2) is 0 Å². The van der Waals surface area contributed by atoms with Gasteiger partial charge in [0.25, 0.3) is 0 Å². The Morgan fingerprint density at radius 2 is 1.43 bits per heavy atom. The molecule has 0 heterocycles. The maximum atomic E-state index is 9.54. The maximum Gasteiger partial charge on any atom is 0.121 e. The molecule has 0 aromatic rings. The normalized spacial score (nSPS) is 17.1. The molecule has 0 fully saturated rings. The number of nitrogens with zero attached hydrogens (tertiary/aromatic N) is 1. The van der Waals surface area contributed by atoms with Crippen LogP contribution in [0.25, 0.3) is 0 Å². The van der Waals surface area contributed by atoms with Crippen LogP contribution in [0.2, 0.25) is 0 Å². The van der Waals surface area contributed by atoms with Gasteiger partial charge in [-0.05, 0) is 12.8 Å². The molecule has 0 aromatic carbocycles. The summed E-state index contributed by atoms with van der Waals surface area (Å²) >= 11 is 0. The molecule has 0 aliphatic carbocycles. The third-order valence-corrected chi connectivity index (χ3v) is 3.66. The molecule has 0 saturated heterocycles. The Morgan fingerprint density at radius 3 is 2.00 bits per heavy atom. The van der Waals surface area contributed by atoms with Crippen molar-refractivity contribution in [1.82, 2.24) is 0 Å². The molecule has 7 heteroatoms. The van der Waals surface area contributed by atoms with Crippen LogP contribution >= 0.6 is 0 Å².